The minimum absolute atomic E-state index is 0. The van der Waals surface area contributed by atoms with Crippen molar-refractivity contribution in [1.29, 1.82) is 0 Å². The van der Waals surface area contributed by atoms with Crippen molar-refractivity contribution in [2.24, 2.45) is 5.92 Å². The maximum atomic E-state index is 10.4. The van der Waals surface area contributed by atoms with Crippen LogP contribution in [0, 0.1) is 5.92 Å². The van der Waals surface area contributed by atoms with Gasteiger partial charge >= 0.3 is 5.97 Å². The second-order valence-electron chi connectivity index (χ2n) is 4.51. The topological polar surface area (TPSA) is 40.5 Å². The largest absolute Gasteiger partial charge is 0.481 e. The molecule has 0 spiro atoms. The molecule has 0 radical (unpaired) electrons. The minimum atomic E-state index is -0.656. The molecule has 1 rings (SSSR count). The van der Waals surface area contributed by atoms with Gasteiger partial charge in [0.25, 0.3) is 0 Å². The van der Waals surface area contributed by atoms with Crippen LogP contribution in [-0.4, -0.2) is 35.1 Å². The zero-order chi connectivity index (χ0) is 10.6. The van der Waals surface area contributed by atoms with Gasteiger partial charge < -0.3 is 10.0 Å². The maximum Gasteiger partial charge on any atom is 0.303 e. The number of hydrogen-bond acceptors (Lipinski definition) is 2. The summed E-state index contributed by atoms with van der Waals surface area (Å²) >= 11 is 0. The molecule has 0 aromatic carbocycles. The lowest BCUT2D eigenvalue weighted by Crippen LogP contribution is -2.38. The van der Waals surface area contributed by atoms with Crippen molar-refractivity contribution in [3.05, 3.63) is 0 Å². The standard InChI is InChI=1S/C11H21NO2.ClH/c1-9(2)12-7-5-10(6-8-12)3-4-11(13)14;/h9-10H,3-8H2,1-2H3,(H,13,14);1H. The molecule has 1 aliphatic rings. The van der Waals surface area contributed by atoms with Crippen LogP contribution in [0.25, 0.3) is 0 Å². The SMILES string of the molecule is CC(C)N1CCC(CCC(=O)O)CC1.Cl. The molecule has 4 heteroatoms. The van der Waals surface area contributed by atoms with Gasteiger partial charge in [-0.2, -0.15) is 0 Å². The van der Waals surface area contributed by atoms with E-state index in [4.69, 9.17) is 5.11 Å². The molecule has 0 aromatic rings. The third-order valence-corrected chi connectivity index (χ3v) is 3.15. The molecule has 0 amide bonds. The number of nitrogens with zero attached hydrogens (tertiary/aromatic N) is 1. The average Bonchev–Trinajstić information content (AvgIpc) is 2.15. The lowest BCUT2D eigenvalue weighted by molar-refractivity contribution is -0.137. The van der Waals surface area contributed by atoms with Gasteiger partial charge in [-0.1, -0.05) is 0 Å². The molecule has 15 heavy (non-hydrogen) atoms. The molecule has 1 fully saturated rings. The summed E-state index contributed by atoms with van der Waals surface area (Å²) in [6.45, 7) is 6.72. The van der Waals surface area contributed by atoms with Gasteiger partial charge in [0.1, 0.15) is 0 Å². The van der Waals surface area contributed by atoms with Crippen LogP contribution in [0.1, 0.15) is 39.5 Å². The first-order chi connectivity index (χ1) is 6.59. The van der Waals surface area contributed by atoms with E-state index in [1.54, 1.807) is 0 Å². The Balaban J connectivity index is 0.00000196. The van der Waals surface area contributed by atoms with Crippen LogP contribution < -0.4 is 0 Å². The highest BCUT2D eigenvalue weighted by molar-refractivity contribution is 5.85. The van der Waals surface area contributed by atoms with E-state index in [-0.39, 0.29) is 12.4 Å². The van der Waals surface area contributed by atoms with Crippen molar-refractivity contribution < 1.29 is 9.90 Å². The minimum Gasteiger partial charge on any atom is -0.481 e. The Kier molecular flexibility index (Phi) is 6.94. The Bertz CT molecular complexity index is 189. The molecule has 1 saturated heterocycles. The summed E-state index contributed by atoms with van der Waals surface area (Å²) in [6.07, 6.45) is 3.55. The normalized spacial score (nSPS) is 18.9. The number of aliphatic carboxylic acids is 1. The van der Waals surface area contributed by atoms with Gasteiger partial charge in [-0.25, -0.2) is 0 Å². The average molecular weight is 236 g/mol. The summed E-state index contributed by atoms with van der Waals surface area (Å²) in [4.78, 5) is 12.9. The number of carboxylic acid groups (broad SMARTS) is 1. The van der Waals surface area contributed by atoms with Crippen LogP contribution in [0.15, 0.2) is 0 Å². The van der Waals surface area contributed by atoms with Gasteiger partial charge in [-0.15, -0.1) is 12.4 Å². The quantitative estimate of drug-likeness (QED) is 0.814. The summed E-state index contributed by atoms with van der Waals surface area (Å²) < 4.78 is 0. The number of likely N-dealkylation sites (tertiary alicyclic amines) is 1. The molecular weight excluding hydrogens is 214 g/mol. The van der Waals surface area contributed by atoms with Crippen molar-refractivity contribution in [1.82, 2.24) is 4.90 Å². The highest BCUT2D eigenvalue weighted by Gasteiger charge is 2.20. The van der Waals surface area contributed by atoms with Gasteiger partial charge in [0.05, 0.1) is 0 Å². The third-order valence-electron chi connectivity index (χ3n) is 3.15. The Hall–Kier alpha value is -0.280. The van der Waals surface area contributed by atoms with Crippen molar-refractivity contribution >= 4 is 18.4 Å². The van der Waals surface area contributed by atoms with Crippen LogP contribution >= 0.6 is 12.4 Å². The molecule has 0 atom stereocenters. The van der Waals surface area contributed by atoms with Crippen LogP contribution in [0.2, 0.25) is 0 Å². The lowest BCUT2D eigenvalue weighted by Gasteiger charge is -2.34. The van der Waals surface area contributed by atoms with E-state index in [2.05, 4.69) is 18.7 Å². The number of piperidine rings is 1. The smallest absolute Gasteiger partial charge is 0.303 e. The van der Waals surface area contributed by atoms with Gasteiger partial charge in [0, 0.05) is 12.5 Å². The zero-order valence-corrected chi connectivity index (χ0v) is 10.4. The van der Waals surface area contributed by atoms with E-state index in [1.165, 1.54) is 12.8 Å². The van der Waals surface area contributed by atoms with Crippen molar-refractivity contribution in [3.8, 4) is 0 Å². The first kappa shape index (κ1) is 14.7. The Morgan fingerprint density at radius 3 is 2.33 bits per heavy atom. The first-order valence-electron chi connectivity index (χ1n) is 5.55. The number of carbonyl (C=O) groups is 1. The summed E-state index contributed by atoms with van der Waals surface area (Å²) in [5, 5.41) is 8.57. The van der Waals surface area contributed by atoms with Gasteiger partial charge in [0.2, 0.25) is 0 Å². The molecule has 1 aliphatic heterocycles. The molecule has 0 aliphatic carbocycles. The number of hydrogen-bond donors (Lipinski definition) is 1. The third kappa shape index (κ3) is 5.38. The summed E-state index contributed by atoms with van der Waals surface area (Å²) in [7, 11) is 0. The number of halogens is 1. The van der Waals surface area contributed by atoms with Crippen LogP contribution in [0.3, 0.4) is 0 Å². The second kappa shape index (κ2) is 7.07. The maximum absolute atomic E-state index is 10.4. The Morgan fingerprint density at radius 1 is 1.40 bits per heavy atom. The molecule has 0 bridgehead atoms. The van der Waals surface area contributed by atoms with Crippen LogP contribution in [0.5, 0.6) is 0 Å². The van der Waals surface area contributed by atoms with E-state index in [0.717, 1.165) is 19.5 Å². The number of rotatable bonds is 4. The molecule has 3 nitrogen and oxygen atoms in total. The van der Waals surface area contributed by atoms with Crippen molar-refractivity contribution in [2.45, 2.75) is 45.6 Å². The summed E-state index contributed by atoms with van der Waals surface area (Å²) in [5.74, 6) is -0.0163. The van der Waals surface area contributed by atoms with Crippen molar-refractivity contribution in [2.75, 3.05) is 13.1 Å². The molecule has 1 N–H and O–H groups in total. The highest BCUT2D eigenvalue weighted by atomic mass is 35.5. The molecule has 0 unspecified atom stereocenters. The highest BCUT2D eigenvalue weighted by Crippen LogP contribution is 2.22. The van der Waals surface area contributed by atoms with Crippen LogP contribution in [-0.2, 0) is 4.79 Å². The van der Waals surface area contributed by atoms with E-state index < -0.39 is 5.97 Å². The van der Waals surface area contributed by atoms with Crippen molar-refractivity contribution in [3.63, 3.8) is 0 Å². The van der Waals surface area contributed by atoms with Gasteiger partial charge in [0.15, 0.2) is 0 Å². The summed E-state index contributed by atoms with van der Waals surface area (Å²) in [6, 6.07) is 0.635. The van der Waals surface area contributed by atoms with E-state index >= 15 is 0 Å². The first-order valence-corrected chi connectivity index (χ1v) is 5.55. The lowest BCUT2D eigenvalue weighted by atomic mass is 9.92. The van der Waals surface area contributed by atoms with E-state index in [1.807, 2.05) is 0 Å². The zero-order valence-electron chi connectivity index (χ0n) is 9.61. The number of carboxylic acids is 1. The Labute approximate surface area is 98.3 Å². The molecule has 0 saturated carbocycles. The Morgan fingerprint density at radius 2 is 1.93 bits per heavy atom. The van der Waals surface area contributed by atoms with Gasteiger partial charge in [-0.05, 0) is 52.1 Å². The molecule has 1 heterocycles. The predicted molar refractivity (Wildman–Crippen MR) is 63.6 cm³/mol. The van der Waals surface area contributed by atoms with Crippen LogP contribution in [0.4, 0.5) is 0 Å². The predicted octanol–water partition coefficient (Wildman–Crippen LogP) is 2.39. The molecule has 90 valence electrons. The fraction of sp³-hybridized carbons (Fsp3) is 0.909. The van der Waals surface area contributed by atoms with E-state index in [9.17, 15) is 4.79 Å². The second-order valence-corrected chi connectivity index (χ2v) is 4.51. The van der Waals surface area contributed by atoms with Gasteiger partial charge in [-0.3, -0.25) is 4.79 Å². The van der Waals surface area contributed by atoms with E-state index in [0.29, 0.717) is 18.4 Å². The fourth-order valence-corrected chi connectivity index (χ4v) is 2.09. The summed E-state index contributed by atoms with van der Waals surface area (Å²) in [5.41, 5.74) is 0. The molecule has 0 aromatic heterocycles. The molecular formula is C11H22ClNO2. The monoisotopic (exact) mass is 235 g/mol. The fourth-order valence-electron chi connectivity index (χ4n) is 2.09.